The molecule has 0 aliphatic heterocycles. The van der Waals surface area contributed by atoms with E-state index in [1.807, 2.05) is 24.3 Å². The molecular weight excluding hydrogens is 190 g/mol. The molecule has 0 bridgehead atoms. The molecule has 0 saturated carbocycles. The second kappa shape index (κ2) is 3.69. The van der Waals surface area contributed by atoms with Crippen LogP contribution in [0.1, 0.15) is 18.4 Å². The summed E-state index contributed by atoms with van der Waals surface area (Å²) in [4.78, 5) is 14.8. The molecule has 0 spiro atoms. The van der Waals surface area contributed by atoms with Gasteiger partial charge in [-0.15, -0.1) is 0 Å². The van der Waals surface area contributed by atoms with Gasteiger partial charge in [-0.3, -0.25) is 9.78 Å². The van der Waals surface area contributed by atoms with Crippen LogP contribution in [0.2, 0.25) is 0 Å². The van der Waals surface area contributed by atoms with E-state index in [-0.39, 0.29) is 0 Å². The van der Waals surface area contributed by atoms with Crippen molar-refractivity contribution >= 4 is 16.7 Å². The number of pyridine rings is 1. The van der Waals surface area contributed by atoms with Crippen molar-refractivity contribution in [3.8, 4) is 0 Å². The molecule has 1 aromatic heterocycles. The average molecular weight is 201 g/mol. The molecule has 1 unspecified atom stereocenters. The zero-order valence-electron chi connectivity index (χ0n) is 8.34. The van der Waals surface area contributed by atoms with E-state index in [1.54, 1.807) is 19.3 Å². The Morgan fingerprint density at radius 2 is 2.13 bits per heavy atom. The topological polar surface area (TPSA) is 50.2 Å². The van der Waals surface area contributed by atoms with E-state index in [2.05, 4.69) is 4.98 Å². The highest BCUT2D eigenvalue weighted by Crippen LogP contribution is 2.20. The molecule has 0 amide bonds. The molecule has 1 N–H and O–H groups in total. The first-order valence-electron chi connectivity index (χ1n) is 4.75. The van der Waals surface area contributed by atoms with E-state index < -0.39 is 11.9 Å². The van der Waals surface area contributed by atoms with Crippen LogP contribution in [0.15, 0.2) is 36.7 Å². The predicted octanol–water partition coefficient (Wildman–Crippen LogP) is 2.42. The fourth-order valence-corrected chi connectivity index (χ4v) is 1.51. The number of aliphatic carboxylic acids is 1. The van der Waals surface area contributed by atoms with Gasteiger partial charge in [-0.05, 0) is 23.9 Å². The Kier molecular flexibility index (Phi) is 2.37. The molecular formula is C12H11NO2. The number of aromatic nitrogens is 1. The Morgan fingerprint density at radius 1 is 1.33 bits per heavy atom. The lowest BCUT2D eigenvalue weighted by molar-refractivity contribution is -0.138. The van der Waals surface area contributed by atoms with E-state index >= 15 is 0 Å². The summed E-state index contributed by atoms with van der Waals surface area (Å²) in [6.45, 7) is 1.69. The lowest BCUT2D eigenvalue weighted by atomic mass is 9.99. The van der Waals surface area contributed by atoms with Crippen LogP contribution in [0.25, 0.3) is 10.8 Å². The molecule has 3 heteroatoms. The van der Waals surface area contributed by atoms with E-state index in [1.165, 1.54) is 0 Å². The minimum absolute atomic E-state index is 0.470. The van der Waals surface area contributed by atoms with Crippen molar-refractivity contribution in [2.24, 2.45) is 0 Å². The molecule has 1 aromatic carbocycles. The summed E-state index contributed by atoms with van der Waals surface area (Å²) in [6.07, 6.45) is 3.47. The Hall–Kier alpha value is -1.90. The van der Waals surface area contributed by atoms with Gasteiger partial charge in [0, 0.05) is 17.8 Å². The molecule has 3 nitrogen and oxygen atoms in total. The lowest BCUT2D eigenvalue weighted by Crippen LogP contribution is -2.06. The molecule has 2 rings (SSSR count). The van der Waals surface area contributed by atoms with Crippen LogP contribution in [-0.4, -0.2) is 16.1 Å². The van der Waals surface area contributed by atoms with Crippen molar-refractivity contribution in [1.82, 2.24) is 4.98 Å². The van der Waals surface area contributed by atoms with Crippen LogP contribution in [-0.2, 0) is 4.79 Å². The van der Waals surface area contributed by atoms with Gasteiger partial charge in [0.1, 0.15) is 0 Å². The number of rotatable bonds is 2. The maximum absolute atomic E-state index is 10.8. The Balaban J connectivity index is 2.51. The number of carbonyl (C=O) groups is 1. The average Bonchev–Trinajstić information content (AvgIpc) is 2.27. The number of benzene rings is 1. The fourth-order valence-electron chi connectivity index (χ4n) is 1.51. The molecule has 0 fully saturated rings. The maximum atomic E-state index is 10.8. The first kappa shape index (κ1) is 9.65. The van der Waals surface area contributed by atoms with Crippen LogP contribution in [0.4, 0.5) is 0 Å². The highest BCUT2D eigenvalue weighted by atomic mass is 16.4. The van der Waals surface area contributed by atoms with Gasteiger partial charge in [-0.1, -0.05) is 18.2 Å². The van der Waals surface area contributed by atoms with Gasteiger partial charge in [-0.2, -0.15) is 0 Å². The first-order chi connectivity index (χ1) is 7.18. The minimum atomic E-state index is -0.802. The second-order valence-electron chi connectivity index (χ2n) is 3.54. The SMILES string of the molecule is CC(C(=O)O)c1ccc2cnccc2c1. The Bertz CT molecular complexity index is 508. The van der Waals surface area contributed by atoms with E-state index in [4.69, 9.17) is 5.11 Å². The molecule has 0 aliphatic rings. The Morgan fingerprint density at radius 3 is 2.87 bits per heavy atom. The third kappa shape index (κ3) is 1.81. The van der Waals surface area contributed by atoms with Crippen molar-refractivity contribution in [3.63, 3.8) is 0 Å². The number of nitrogens with zero attached hydrogens (tertiary/aromatic N) is 1. The van der Waals surface area contributed by atoms with Gasteiger partial charge in [0.05, 0.1) is 5.92 Å². The second-order valence-corrected chi connectivity index (χ2v) is 3.54. The quantitative estimate of drug-likeness (QED) is 0.811. The number of fused-ring (bicyclic) bond motifs is 1. The van der Waals surface area contributed by atoms with Crippen molar-refractivity contribution in [2.45, 2.75) is 12.8 Å². The maximum Gasteiger partial charge on any atom is 0.310 e. The summed E-state index contributed by atoms with van der Waals surface area (Å²) in [6, 6.07) is 7.52. The molecule has 2 aromatic rings. The predicted molar refractivity (Wildman–Crippen MR) is 57.8 cm³/mol. The smallest absolute Gasteiger partial charge is 0.310 e. The van der Waals surface area contributed by atoms with Crippen LogP contribution in [0, 0.1) is 0 Å². The summed E-state index contributed by atoms with van der Waals surface area (Å²) < 4.78 is 0. The van der Waals surface area contributed by atoms with Crippen LogP contribution >= 0.6 is 0 Å². The van der Waals surface area contributed by atoms with Gasteiger partial charge in [0.25, 0.3) is 0 Å². The van der Waals surface area contributed by atoms with Crippen LogP contribution in [0.3, 0.4) is 0 Å². The fraction of sp³-hybridized carbons (Fsp3) is 0.167. The number of carboxylic acids is 1. The van der Waals surface area contributed by atoms with Crippen molar-refractivity contribution in [2.75, 3.05) is 0 Å². The zero-order chi connectivity index (χ0) is 10.8. The largest absolute Gasteiger partial charge is 0.481 e. The molecule has 76 valence electrons. The van der Waals surface area contributed by atoms with Crippen LogP contribution < -0.4 is 0 Å². The monoisotopic (exact) mass is 201 g/mol. The van der Waals surface area contributed by atoms with Crippen LogP contribution in [0.5, 0.6) is 0 Å². The molecule has 0 aliphatic carbocycles. The van der Waals surface area contributed by atoms with Crippen molar-refractivity contribution in [1.29, 1.82) is 0 Å². The minimum Gasteiger partial charge on any atom is -0.481 e. The van der Waals surface area contributed by atoms with Gasteiger partial charge >= 0.3 is 5.97 Å². The van der Waals surface area contributed by atoms with Gasteiger partial charge < -0.3 is 5.11 Å². The Labute approximate surface area is 87.4 Å². The summed E-state index contributed by atoms with van der Waals surface area (Å²) in [5.41, 5.74) is 0.821. The molecule has 1 heterocycles. The molecule has 1 atom stereocenters. The first-order valence-corrected chi connectivity index (χ1v) is 4.75. The third-order valence-corrected chi connectivity index (χ3v) is 2.54. The van der Waals surface area contributed by atoms with E-state index in [0.717, 1.165) is 16.3 Å². The van der Waals surface area contributed by atoms with Gasteiger partial charge in [0.2, 0.25) is 0 Å². The van der Waals surface area contributed by atoms with E-state index in [9.17, 15) is 4.79 Å². The number of hydrogen-bond donors (Lipinski definition) is 1. The summed E-state index contributed by atoms with van der Waals surface area (Å²) in [7, 11) is 0. The molecule has 0 saturated heterocycles. The third-order valence-electron chi connectivity index (χ3n) is 2.54. The highest BCUT2D eigenvalue weighted by molar-refractivity contribution is 5.84. The molecule has 0 radical (unpaired) electrons. The standard InChI is InChI=1S/C12H11NO2/c1-8(12(14)15)9-2-3-11-7-13-5-4-10(11)6-9/h2-8H,1H3,(H,14,15). The van der Waals surface area contributed by atoms with Gasteiger partial charge in [0.15, 0.2) is 0 Å². The summed E-state index contributed by atoms with van der Waals surface area (Å²) >= 11 is 0. The van der Waals surface area contributed by atoms with E-state index in [0.29, 0.717) is 0 Å². The highest BCUT2D eigenvalue weighted by Gasteiger charge is 2.13. The van der Waals surface area contributed by atoms with Crippen molar-refractivity contribution in [3.05, 3.63) is 42.2 Å². The van der Waals surface area contributed by atoms with Gasteiger partial charge in [-0.25, -0.2) is 0 Å². The normalized spacial score (nSPS) is 12.6. The number of hydrogen-bond acceptors (Lipinski definition) is 2. The zero-order valence-corrected chi connectivity index (χ0v) is 8.34. The summed E-state index contributed by atoms with van der Waals surface area (Å²) in [5.74, 6) is -1.27. The number of carboxylic acid groups (broad SMARTS) is 1. The lowest BCUT2D eigenvalue weighted by Gasteiger charge is -2.07. The van der Waals surface area contributed by atoms with Crippen molar-refractivity contribution < 1.29 is 9.90 Å². The molecule has 15 heavy (non-hydrogen) atoms. The summed E-state index contributed by atoms with van der Waals surface area (Å²) in [5, 5.41) is 10.9.